The molecule has 0 aliphatic carbocycles. The number of unbranched alkanes of at least 4 members (excludes halogenated alkanes) is 5. The molecule has 0 radical (unpaired) electrons. The Labute approximate surface area is 104 Å². The minimum Gasteiger partial charge on any atom is -0.480 e. The van der Waals surface area contributed by atoms with Gasteiger partial charge in [-0.25, -0.2) is 8.42 Å². The maximum Gasteiger partial charge on any atom is 0.324 e. The second kappa shape index (κ2) is 6.99. The minimum absolute atomic E-state index is 0.0293. The molecule has 0 heterocycles. The lowest BCUT2D eigenvalue weighted by Crippen LogP contribution is -2.41. The molecular formula is C12H24O4S. The van der Waals surface area contributed by atoms with Crippen LogP contribution >= 0.6 is 0 Å². The molecular weight excluding hydrogens is 240 g/mol. The van der Waals surface area contributed by atoms with Crippen molar-refractivity contribution in [3.8, 4) is 0 Å². The van der Waals surface area contributed by atoms with E-state index < -0.39 is 20.6 Å². The second-order valence-corrected chi connectivity index (χ2v) is 7.56. The quantitative estimate of drug-likeness (QED) is 0.650. The highest BCUT2D eigenvalue weighted by molar-refractivity contribution is 7.93. The van der Waals surface area contributed by atoms with Crippen molar-refractivity contribution in [1.82, 2.24) is 0 Å². The summed E-state index contributed by atoms with van der Waals surface area (Å²) < 4.78 is 21.9. The summed E-state index contributed by atoms with van der Waals surface area (Å²) in [6, 6.07) is 0. The largest absolute Gasteiger partial charge is 0.480 e. The molecule has 1 N–H and O–H groups in total. The summed E-state index contributed by atoms with van der Waals surface area (Å²) >= 11 is 0. The smallest absolute Gasteiger partial charge is 0.324 e. The molecule has 0 aliphatic heterocycles. The highest BCUT2D eigenvalue weighted by atomic mass is 32.2. The van der Waals surface area contributed by atoms with E-state index in [4.69, 9.17) is 5.11 Å². The number of hydrogen-bond donors (Lipinski definition) is 1. The molecule has 102 valence electrons. The molecule has 0 bridgehead atoms. The van der Waals surface area contributed by atoms with Gasteiger partial charge >= 0.3 is 5.97 Å². The van der Waals surface area contributed by atoms with Crippen LogP contribution in [-0.4, -0.2) is 30.0 Å². The van der Waals surface area contributed by atoms with E-state index in [1.54, 1.807) is 0 Å². The first kappa shape index (κ1) is 16.4. The minimum atomic E-state index is -3.55. The van der Waals surface area contributed by atoms with E-state index in [0.29, 0.717) is 6.42 Å². The molecule has 0 rings (SSSR count). The Morgan fingerprint density at radius 1 is 1.06 bits per heavy atom. The Morgan fingerprint density at radius 2 is 1.53 bits per heavy atom. The molecule has 0 fully saturated rings. The molecule has 0 aliphatic rings. The van der Waals surface area contributed by atoms with E-state index in [2.05, 4.69) is 6.92 Å². The summed E-state index contributed by atoms with van der Waals surface area (Å²) in [5, 5.41) is 8.87. The van der Waals surface area contributed by atoms with Gasteiger partial charge in [0.15, 0.2) is 14.6 Å². The van der Waals surface area contributed by atoms with Gasteiger partial charge in [0.2, 0.25) is 0 Å². The summed E-state index contributed by atoms with van der Waals surface area (Å²) in [5.41, 5.74) is 0. The van der Waals surface area contributed by atoms with Crippen LogP contribution in [0, 0.1) is 0 Å². The highest BCUT2D eigenvalue weighted by Crippen LogP contribution is 2.19. The van der Waals surface area contributed by atoms with Gasteiger partial charge in [-0.3, -0.25) is 4.79 Å². The molecule has 0 amide bonds. The molecule has 0 unspecified atom stereocenters. The van der Waals surface area contributed by atoms with Crippen LogP contribution < -0.4 is 0 Å². The van der Waals surface area contributed by atoms with E-state index in [-0.39, 0.29) is 5.75 Å². The topological polar surface area (TPSA) is 71.4 Å². The van der Waals surface area contributed by atoms with E-state index in [0.717, 1.165) is 25.7 Å². The Kier molecular flexibility index (Phi) is 6.75. The summed E-state index contributed by atoms with van der Waals surface area (Å²) in [5.74, 6) is -1.30. The molecule has 0 aromatic heterocycles. The van der Waals surface area contributed by atoms with Gasteiger partial charge in [0, 0.05) is 0 Å². The zero-order valence-corrected chi connectivity index (χ0v) is 11.8. The number of rotatable bonds is 9. The molecule has 17 heavy (non-hydrogen) atoms. The number of carbonyl (C=O) groups is 1. The third-order valence-corrected chi connectivity index (χ3v) is 5.61. The van der Waals surface area contributed by atoms with E-state index in [1.807, 2.05) is 0 Å². The van der Waals surface area contributed by atoms with Crippen LogP contribution in [-0.2, 0) is 14.6 Å². The number of aliphatic carboxylic acids is 1. The lowest BCUT2D eigenvalue weighted by Gasteiger charge is -2.19. The van der Waals surface area contributed by atoms with Gasteiger partial charge in [-0.2, -0.15) is 0 Å². The SMILES string of the molecule is CCCCCCCCS(=O)(=O)C(C)(C)C(=O)O. The lowest BCUT2D eigenvalue weighted by molar-refractivity contribution is -0.139. The van der Waals surface area contributed by atoms with Crippen molar-refractivity contribution in [2.45, 2.75) is 64.0 Å². The van der Waals surface area contributed by atoms with E-state index in [1.165, 1.54) is 20.3 Å². The molecule has 0 saturated heterocycles. The Bertz CT molecular complexity index is 330. The van der Waals surface area contributed by atoms with Gasteiger partial charge in [-0.15, -0.1) is 0 Å². The maximum absolute atomic E-state index is 11.8. The normalized spacial score (nSPS) is 12.6. The Hall–Kier alpha value is -0.580. The summed E-state index contributed by atoms with van der Waals surface area (Å²) in [6.45, 7) is 4.63. The zero-order chi connectivity index (χ0) is 13.5. The van der Waals surface area contributed by atoms with Gasteiger partial charge in [0.1, 0.15) is 0 Å². The van der Waals surface area contributed by atoms with Crippen molar-refractivity contribution < 1.29 is 18.3 Å². The van der Waals surface area contributed by atoms with Crippen LogP contribution in [0.2, 0.25) is 0 Å². The first-order chi connectivity index (χ1) is 7.75. The number of sulfone groups is 1. The highest BCUT2D eigenvalue weighted by Gasteiger charge is 2.41. The molecule has 0 aromatic rings. The second-order valence-electron chi connectivity index (χ2n) is 4.90. The van der Waals surface area contributed by atoms with Gasteiger partial charge in [-0.05, 0) is 20.3 Å². The summed E-state index contributed by atoms with van der Waals surface area (Å²) in [7, 11) is -3.55. The van der Waals surface area contributed by atoms with Gasteiger partial charge < -0.3 is 5.11 Å². The van der Waals surface area contributed by atoms with Crippen LogP contribution in [0.3, 0.4) is 0 Å². The monoisotopic (exact) mass is 264 g/mol. The number of carboxylic acids is 1. The lowest BCUT2D eigenvalue weighted by atomic mass is 10.1. The van der Waals surface area contributed by atoms with E-state index >= 15 is 0 Å². The van der Waals surface area contributed by atoms with Crippen molar-refractivity contribution in [1.29, 1.82) is 0 Å². The first-order valence-electron chi connectivity index (χ1n) is 6.21. The van der Waals surface area contributed by atoms with Crippen LogP contribution in [0.4, 0.5) is 0 Å². The van der Waals surface area contributed by atoms with Crippen LogP contribution in [0.15, 0.2) is 0 Å². The molecule has 0 spiro atoms. The van der Waals surface area contributed by atoms with Crippen molar-refractivity contribution in [2.75, 3.05) is 5.75 Å². The fourth-order valence-corrected chi connectivity index (χ4v) is 2.82. The van der Waals surface area contributed by atoms with Crippen molar-refractivity contribution in [3.05, 3.63) is 0 Å². The fraction of sp³-hybridized carbons (Fsp3) is 0.917. The molecule has 5 heteroatoms. The predicted octanol–water partition coefficient (Wildman–Crippen LogP) is 2.62. The molecule has 0 saturated carbocycles. The maximum atomic E-state index is 11.8. The fourth-order valence-electron chi connectivity index (χ4n) is 1.46. The Balaban J connectivity index is 4.08. The van der Waals surface area contributed by atoms with Gasteiger partial charge in [-0.1, -0.05) is 39.0 Å². The van der Waals surface area contributed by atoms with Crippen molar-refractivity contribution in [2.24, 2.45) is 0 Å². The standard InChI is InChI=1S/C12H24O4S/c1-4-5-6-7-8-9-10-17(15,16)12(2,3)11(13)14/h4-10H2,1-3H3,(H,13,14). The summed E-state index contributed by atoms with van der Waals surface area (Å²) in [6.07, 6.45) is 5.89. The first-order valence-corrected chi connectivity index (χ1v) is 7.86. The zero-order valence-electron chi connectivity index (χ0n) is 11.0. The van der Waals surface area contributed by atoms with Crippen molar-refractivity contribution >= 4 is 15.8 Å². The van der Waals surface area contributed by atoms with Gasteiger partial charge in [0.25, 0.3) is 0 Å². The average Bonchev–Trinajstić information content (AvgIpc) is 2.22. The average molecular weight is 264 g/mol. The molecule has 0 aromatic carbocycles. The third-order valence-electron chi connectivity index (χ3n) is 3.06. The van der Waals surface area contributed by atoms with Crippen LogP contribution in [0.25, 0.3) is 0 Å². The molecule has 0 atom stereocenters. The Morgan fingerprint density at radius 3 is 2.00 bits per heavy atom. The van der Waals surface area contributed by atoms with Crippen LogP contribution in [0.5, 0.6) is 0 Å². The predicted molar refractivity (Wildman–Crippen MR) is 68.9 cm³/mol. The number of hydrogen-bond acceptors (Lipinski definition) is 3. The third kappa shape index (κ3) is 5.06. The molecule has 4 nitrogen and oxygen atoms in total. The number of carboxylic acid groups (broad SMARTS) is 1. The van der Waals surface area contributed by atoms with E-state index in [9.17, 15) is 13.2 Å². The van der Waals surface area contributed by atoms with Gasteiger partial charge in [0.05, 0.1) is 5.75 Å². The summed E-state index contributed by atoms with van der Waals surface area (Å²) in [4.78, 5) is 10.9. The van der Waals surface area contributed by atoms with Crippen LogP contribution in [0.1, 0.15) is 59.3 Å². The van der Waals surface area contributed by atoms with Crippen molar-refractivity contribution in [3.63, 3.8) is 0 Å².